The third kappa shape index (κ3) is 6.39. The number of amides is 1. The van der Waals surface area contributed by atoms with Crippen LogP contribution < -0.4 is 5.32 Å². The number of aliphatic hydroxyl groups is 1. The summed E-state index contributed by atoms with van der Waals surface area (Å²) in [6.07, 6.45) is 0.225. The molecule has 0 bridgehead atoms. The molecule has 0 aliphatic heterocycles. The molecule has 1 rings (SSSR count). The molecule has 0 spiro atoms. The standard InChI is InChI=1S/C15H22FNO2S/c1-11(18)8-15(2,3)10-17-14(19)9-20-13-7-5-4-6-12(13)16/h4-7,11,18H,8-10H2,1-3H3,(H,17,19). The average Bonchev–Trinajstić information content (AvgIpc) is 2.34. The fourth-order valence-corrected chi connectivity index (χ4v) is 2.74. The lowest BCUT2D eigenvalue weighted by atomic mass is 9.87. The van der Waals surface area contributed by atoms with E-state index in [4.69, 9.17) is 0 Å². The summed E-state index contributed by atoms with van der Waals surface area (Å²) in [6, 6.07) is 6.41. The molecule has 0 aromatic heterocycles. The third-order valence-electron chi connectivity index (χ3n) is 2.81. The topological polar surface area (TPSA) is 49.3 Å². The van der Waals surface area contributed by atoms with E-state index in [0.717, 1.165) is 0 Å². The van der Waals surface area contributed by atoms with Crippen LogP contribution >= 0.6 is 11.8 Å². The highest BCUT2D eigenvalue weighted by molar-refractivity contribution is 8.00. The van der Waals surface area contributed by atoms with Crippen LogP contribution in [-0.2, 0) is 4.79 Å². The number of hydrogen-bond donors (Lipinski definition) is 2. The van der Waals surface area contributed by atoms with Crippen molar-refractivity contribution in [2.24, 2.45) is 5.41 Å². The van der Waals surface area contributed by atoms with Crippen LogP contribution in [0.5, 0.6) is 0 Å². The van der Waals surface area contributed by atoms with Crippen molar-refractivity contribution in [1.29, 1.82) is 0 Å². The molecule has 1 atom stereocenters. The smallest absolute Gasteiger partial charge is 0.230 e. The van der Waals surface area contributed by atoms with Gasteiger partial charge in [0.05, 0.1) is 11.9 Å². The van der Waals surface area contributed by atoms with Gasteiger partial charge in [0.1, 0.15) is 5.82 Å². The van der Waals surface area contributed by atoms with Gasteiger partial charge in [-0.25, -0.2) is 4.39 Å². The van der Waals surface area contributed by atoms with Gasteiger partial charge in [-0.15, -0.1) is 11.8 Å². The lowest BCUT2D eigenvalue weighted by molar-refractivity contribution is -0.119. The number of aliphatic hydroxyl groups excluding tert-OH is 1. The Bertz CT molecular complexity index is 449. The molecule has 1 aromatic rings. The Morgan fingerprint density at radius 1 is 1.45 bits per heavy atom. The van der Waals surface area contributed by atoms with Crippen molar-refractivity contribution < 1.29 is 14.3 Å². The summed E-state index contributed by atoms with van der Waals surface area (Å²) >= 11 is 1.18. The quantitative estimate of drug-likeness (QED) is 0.761. The van der Waals surface area contributed by atoms with E-state index in [2.05, 4.69) is 5.32 Å². The van der Waals surface area contributed by atoms with Crippen molar-refractivity contribution in [3.63, 3.8) is 0 Å². The van der Waals surface area contributed by atoms with Gasteiger partial charge in [0.2, 0.25) is 5.91 Å². The summed E-state index contributed by atoms with van der Waals surface area (Å²) in [5, 5.41) is 12.2. The van der Waals surface area contributed by atoms with Crippen molar-refractivity contribution in [2.45, 2.75) is 38.2 Å². The minimum Gasteiger partial charge on any atom is -0.393 e. The summed E-state index contributed by atoms with van der Waals surface area (Å²) in [5.41, 5.74) is -0.160. The molecule has 0 saturated heterocycles. The van der Waals surface area contributed by atoms with Crippen LogP contribution in [0.3, 0.4) is 0 Å². The molecule has 112 valence electrons. The second-order valence-corrected chi connectivity index (χ2v) is 6.73. The van der Waals surface area contributed by atoms with Crippen molar-refractivity contribution in [3.8, 4) is 0 Å². The number of hydrogen-bond acceptors (Lipinski definition) is 3. The Labute approximate surface area is 124 Å². The second-order valence-electron chi connectivity index (χ2n) is 5.71. The predicted molar refractivity (Wildman–Crippen MR) is 80.2 cm³/mol. The third-order valence-corrected chi connectivity index (χ3v) is 3.86. The van der Waals surface area contributed by atoms with Crippen molar-refractivity contribution in [3.05, 3.63) is 30.1 Å². The lowest BCUT2D eigenvalue weighted by Gasteiger charge is -2.26. The highest BCUT2D eigenvalue weighted by Crippen LogP contribution is 2.22. The number of carbonyl (C=O) groups excluding carboxylic acids is 1. The first-order valence-corrected chi connectivity index (χ1v) is 7.61. The van der Waals surface area contributed by atoms with Gasteiger partial charge in [0.15, 0.2) is 0 Å². The van der Waals surface area contributed by atoms with Crippen LogP contribution in [0, 0.1) is 11.2 Å². The molecule has 0 radical (unpaired) electrons. The van der Waals surface area contributed by atoms with E-state index in [1.165, 1.54) is 17.8 Å². The predicted octanol–water partition coefficient (Wildman–Crippen LogP) is 2.83. The second kappa shape index (κ2) is 7.64. The first-order valence-electron chi connectivity index (χ1n) is 6.62. The van der Waals surface area contributed by atoms with Crippen LogP contribution in [0.25, 0.3) is 0 Å². The maximum atomic E-state index is 13.4. The largest absolute Gasteiger partial charge is 0.393 e. The van der Waals surface area contributed by atoms with Gasteiger partial charge >= 0.3 is 0 Å². The zero-order chi connectivity index (χ0) is 15.2. The highest BCUT2D eigenvalue weighted by Gasteiger charge is 2.21. The van der Waals surface area contributed by atoms with Crippen LogP contribution in [-0.4, -0.2) is 29.4 Å². The molecule has 5 heteroatoms. The average molecular weight is 299 g/mol. The minimum atomic E-state index is -0.394. The van der Waals surface area contributed by atoms with Crippen molar-refractivity contribution >= 4 is 17.7 Å². The van der Waals surface area contributed by atoms with Gasteiger partial charge in [-0.1, -0.05) is 26.0 Å². The molecular formula is C15H22FNO2S. The normalized spacial score (nSPS) is 13.1. The first-order chi connectivity index (χ1) is 9.30. The molecule has 0 aliphatic rings. The molecule has 3 nitrogen and oxygen atoms in total. The zero-order valence-electron chi connectivity index (χ0n) is 12.1. The van der Waals surface area contributed by atoms with Crippen LogP contribution in [0.4, 0.5) is 4.39 Å². The van der Waals surface area contributed by atoms with Gasteiger partial charge in [-0.3, -0.25) is 4.79 Å². The highest BCUT2D eigenvalue weighted by atomic mass is 32.2. The number of benzene rings is 1. The molecular weight excluding hydrogens is 277 g/mol. The Kier molecular flexibility index (Phi) is 6.49. The van der Waals surface area contributed by atoms with Gasteiger partial charge in [0.25, 0.3) is 0 Å². The summed E-state index contributed by atoms with van der Waals surface area (Å²) in [5.74, 6) is -0.247. The Morgan fingerprint density at radius 3 is 2.70 bits per heavy atom. The molecule has 0 saturated carbocycles. The monoisotopic (exact) mass is 299 g/mol. The van der Waals surface area contributed by atoms with Gasteiger partial charge < -0.3 is 10.4 Å². The fourth-order valence-electron chi connectivity index (χ4n) is 1.97. The van der Waals surface area contributed by atoms with Crippen LogP contribution in [0.1, 0.15) is 27.2 Å². The summed E-state index contributed by atoms with van der Waals surface area (Å²) in [7, 11) is 0. The SMILES string of the molecule is CC(O)CC(C)(C)CNC(=O)CSc1ccccc1F. The summed E-state index contributed by atoms with van der Waals surface area (Å²) in [4.78, 5) is 12.2. The zero-order valence-corrected chi connectivity index (χ0v) is 13.0. The van der Waals surface area contributed by atoms with Crippen LogP contribution in [0.15, 0.2) is 29.2 Å². The fraction of sp³-hybridized carbons (Fsp3) is 0.533. The van der Waals surface area contributed by atoms with E-state index in [1.54, 1.807) is 25.1 Å². The number of thioether (sulfide) groups is 1. The summed E-state index contributed by atoms with van der Waals surface area (Å²) < 4.78 is 13.4. The molecule has 1 unspecified atom stereocenters. The minimum absolute atomic E-state index is 0.128. The first kappa shape index (κ1) is 17.0. The van der Waals surface area contributed by atoms with Gasteiger partial charge in [-0.05, 0) is 30.9 Å². The Balaban J connectivity index is 2.36. The molecule has 0 heterocycles. The molecule has 1 aromatic carbocycles. The molecule has 0 aliphatic carbocycles. The maximum absolute atomic E-state index is 13.4. The van der Waals surface area contributed by atoms with E-state index in [0.29, 0.717) is 17.9 Å². The number of nitrogens with one attached hydrogen (secondary N) is 1. The van der Waals surface area contributed by atoms with Crippen LogP contribution in [0.2, 0.25) is 0 Å². The van der Waals surface area contributed by atoms with E-state index in [-0.39, 0.29) is 22.9 Å². The van der Waals surface area contributed by atoms with E-state index < -0.39 is 6.10 Å². The Morgan fingerprint density at radius 2 is 2.10 bits per heavy atom. The number of rotatable bonds is 7. The Hall–Kier alpha value is -1.07. The van der Waals surface area contributed by atoms with E-state index >= 15 is 0 Å². The summed E-state index contributed by atoms with van der Waals surface area (Å²) in [6.45, 7) is 6.21. The molecule has 1 amide bonds. The number of carbonyl (C=O) groups is 1. The number of halogens is 1. The van der Waals surface area contributed by atoms with Crippen molar-refractivity contribution in [1.82, 2.24) is 5.32 Å². The van der Waals surface area contributed by atoms with Gasteiger partial charge in [0, 0.05) is 11.4 Å². The van der Waals surface area contributed by atoms with Crippen molar-refractivity contribution in [2.75, 3.05) is 12.3 Å². The molecule has 20 heavy (non-hydrogen) atoms. The molecule has 2 N–H and O–H groups in total. The van der Waals surface area contributed by atoms with E-state index in [9.17, 15) is 14.3 Å². The van der Waals surface area contributed by atoms with E-state index in [1.807, 2.05) is 13.8 Å². The van der Waals surface area contributed by atoms with Gasteiger partial charge in [-0.2, -0.15) is 0 Å². The molecule has 0 fully saturated rings. The maximum Gasteiger partial charge on any atom is 0.230 e. The lowest BCUT2D eigenvalue weighted by Crippen LogP contribution is -2.36.